The first-order valence-corrected chi connectivity index (χ1v) is 12.5. The van der Waals surface area contributed by atoms with E-state index in [1.54, 1.807) is 0 Å². The van der Waals surface area contributed by atoms with Gasteiger partial charge in [0.05, 0.1) is 10.8 Å². The molecule has 194 valence electrons. The summed E-state index contributed by atoms with van der Waals surface area (Å²) in [6.45, 7) is 11.4. The summed E-state index contributed by atoms with van der Waals surface area (Å²) in [5, 5.41) is 25.8. The Morgan fingerprint density at radius 2 is 1.11 bits per heavy atom. The summed E-state index contributed by atoms with van der Waals surface area (Å²) in [5.41, 5.74) is 14.6. The third kappa shape index (κ3) is 2.74. The third-order valence-electron chi connectivity index (χ3n) is 7.75. The number of phenolic OH excluding ortho intramolecular Hbond substituents is 2. The Labute approximate surface area is 216 Å². The van der Waals surface area contributed by atoms with E-state index in [9.17, 15) is 19.8 Å². The van der Waals surface area contributed by atoms with E-state index in [4.69, 9.17) is 20.3 Å². The molecule has 0 saturated heterocycles. The van der Waals surface area contributed by atoms with E-state index in [1.807, 2.05) is 53.7 Å². The maximum absolute atomic E-state index is 13.1. The van der Waals surface area contributed by atoms with Crippen molar-refractivity contribution in [2.24, 2.45) is 0 Å². The highest BCUT2D eigenvalue weighted by atomic mass is 16.4. The molecule has 0 atom stereocenters. The topological polar surface area (TPSA) is 153 Å². The lowest BCUT2D eigenvalue weighted by Crippen LogP contribution is -2.28. The first-order valence-electron chi connectivity index (χ1n) is 12.5. The minimum Gasteiger partial charge on any atom is -0.504 e. The molecule has 2 heterocycles. The molecule has 0 aliphatic heterocycles. The molecule has 8 heteroatoms. The summed E-state index contributed by atoms with van der Waals surface area (Å²) in [7, 11) is 0. The van der Waals surface area contributed by atoms with E-state index < -0.39 is 10.9 Å². The van der Waals surface area contributed by atoms with Crippen LogP contribution in [-0.2, 0) is 0 Å². The van der Waals surface area contributed by atoms with E-state index in [1.165, 1.54) is 0 Å². The Morgan fingerprint density at radius 3 is 1.61 bits per heavy atom. The number of hydrogen-bond donors (Lipinski definition) is 4. The molecule has 4 aromatic carbocycles. The van der Waals surface area contributed by atoms with Crippen molar-refractivity contribution in [2.75, 3.05) is 11.5 Å². The van der Waals surface area contributed by atoms with Crippen LogP contribution in [0.3, 0.4) is 0 Å². The number of benzene rings is 4. The molecule has 38 heavy (non-hydrogen) atoms. The average Bonchev–Trinajstić information content (AvgIpc) is 3.34. The van der Waals surface area contributed by atoms with Gasteiger partial charge < -0.3 is 30.5 Å². The summed E-state index contributed by atoms with van der Waals surface area (Å²) in [5.74, 6) is -0.967. The van der Waals surface area contributed by atoms with Crippen molar-refractivity contribution in [1.82, 2.24) is 0 Å². The minimum atomic E-state index is -0.676. The van der Waals surface area contributed by atoms with Crippen molar-refractivity contribution in [1.29, 1.82) is 0 Å². The van der Waals surface area contributed by atoms with Gasteiger partial charge >= 0.3 is 0 Å². The SMILES string of the molecule is Cc1cc2c(C(C)C)c(O)c(O)c3c(N)oc(/c1=c1\c(C)cc4c(C(C)C)c(=O)c(=O)c5c(N)oc1c45)c23. The van der Waals surface area contributed by atoms with Crippen LogP contribution < -0.4 is 22.3 Å². The molecular formula is C30H28N2O6. The zero-order valence-electron chi connectivity index (χ0n) is 22.0. The van der Waals surface area contributed by atoms with Crippen LogP contribution in [0.5, 0.6) is 11.5 Å². The molecule has 6 rings (SSSR count). The fourth-order valence-corrected chi connectivity index (χ4v) is 6.24. The number of nitrogens with two attached hydrogens (primary N) is 2. The number of rotatable bonds is 2. The highest BCUT2D eigenvalue weighted by Gasteiger charge is 2.28. The van der Waals surface area contributed by atoms with Crippen molar-refractivity contribution >= 4 is 55.3 Å². The molecule has 0 bridgehead atoms. The molecule has 0 unspecified atom stereocenters. The first-order chi connectivity index (χ1) is 17.9. The number of furan rings is 2. The van der Waals surface area contributed by atoms with E-state index in [2.05, 4.69) is 0 Å². The second kappa shape index (κ2) is 7.54. The quantitative estimate of drug-likeness (QED) is 0.167. The Morgan fingerprint density at radius 1 is 0.658 bits per heavy atom. The number of phenols is 2. The molecular weight excluding hydrogens is 484 g/mol. The van der Waals surface area contributed by atoms with Crippen LogP contribution in [0.1, 0.15) is 61.8 Å². The third-order valence-corrected chi connectivity index (χ3v) is 7.75. The standard InChI is InChI=1S/C30H28N2O6/c1-9(2)15-13-7-11(5)17(27-19(13)21(29(31)37-27)25(35)23(15)33)18-12(6)8-14-16(10(3)4)24(34)26(36)22-20(14)28(18)38-30(22)32/h7-10,33,35H,31-32H2,1-6H3/b18-17+. The summed E-state index contributed by atoms with van der Waals surface area (Å²) in [6.07, 6.45) is 0. The molecule has 0 radical (unpaired) electrons. The van der Waals surface area contributed by atoms with E-state index in [0.29, 0.717) is 48.9 Å². The Balaban J connectivity index is 2.01. The predicted molar refractivity (Wildman–Crippen MR) is 150 cm³/mol. The van der Waals surface area contributed by atoms with Crippen molar-refractivity contribution < 1.29 is 19.0 Å². The molecule has 0 spiro atoms. The van der Waals surface area contributed by atoms with Gasteiger partial charge in [0.2, 0.25) is 22.6 Å². The number of hydrogen-bond acceptors (Lipinski definition) is 8. The molecule has 6 N–H and O–H groups in total. The predicted octanol–water partition coefficient (Wildman–Crippen LogP) is 5.81. The lowest BCUT2D eigenvalue weighted by atomic mass is 9.89. The fourth-order valence-electron chi connectivity index (χ4n) is 6.24. The largest absolute Gasteiger partial charge is 0.504 e. The summed E-state index contributed by atoms with van der Waals surface area (Å²) in [6, 6.07) is 3.83. The second-order valence-electron chi connectivity index (χ2n) is 10.8. The van der Waals surface area contributed by atoms with Gasteiger partial charge in [-0.3, -0.25) is 9.59 Å². The van der Waals surface area contributed by atoms with Gasteiger partial charge in [0.15, 0.2) is 11.5 Å². The molecule has 6 aromatic rings. The van der Waals surface area contributed by atoms with Gasteiger partial charge in [-0.05, 0) is 47.6 Å². The van der Waals surface area contributed by atoms with Gasteiger partial charge in [0.1, 0.15) is 11.2 Å². The highest BCUT2D eigenvalue weighted by Crippen LogP contribution is 2.50. The zero-order valence-corrected chi connectivity index (χ0v) is 22.0. The molecule has 2 aromatic heterocycles. The van der Waals surface area contributed by atoms with E-state index in [-0.39, 0.29) is 45.9 Å². The summed E-state index contributed by atoms with van der Waals surface area (Å²) in [4.78, 5) is 26.1. The van der Waals surface area contributed by atoms with Crippen LogP contribution in [0.4, 0.5) is 11.8 Å². The monoisotopic (exact) mass is 512 g/mol. The number of aromatic hydroxyl groups is 2. The van der Waals surface area contributed by atoms with E-state index in [0.717, 1.165) is 16.5 Å². The average molecular weight is 513 g/mol. The maximum Gasteiger partial charge on any atom is 0.239 e. The van der Waals surface area contributed by atoms with Gasteiger partial charge in [0, 0.05) is 32.3 Å². The van der Waals surface area contributed by atoms with Crippen LogP contribution in [0.15, 0.2) is 30.6 Å². The van der Waals surface area contributed by atoms with Crippen LogP contribution in [0.25, 0.3) is 43.5 Å². The van der Waals surface area contributed by atoms with Gasteiger partial charge in [-0.25, -0.2) is 0 Å². The molecule has 0 saturated carbocycles. The van der Waals surface area contributed by atoms with Crippen LogP contribution in [0, 0.1) is 24.3 Å². The molecule has 0 aliphatic carbocycles. The molecule has 8 nitrogen and oxygen atoms in total. The fraction of sp³-hybridized carbons (Fsp3) is 0.267. The summed E-state index contributed by atoms with van der Waals surface area (Å²) < 4.78 is 12.1. The zero-order chi connectivity index (χ0) is 27.5. The van der Waals surface area contributed by atoms with Gasteiger partial charge in [-0.1, -0.05) is 39.8 Å². The minimum absolute atomic E-state index is 0.0255. The Kier molecular flexibility index (Phi) is 4.74. The second-order valence-corrected chi connectivity index (χ2v) is 10.8. The molecule has 0 fully saturated rings. The van der Waals surface area contributed by atoms with Gasteiger partial charge in [-0.2, -0.15) is 0 Å². The Bertz CT molecular complexity index is 2190. The lowest BCUT2D eigenvalue weighted by molar-refractivity contribution is 0.402. The molecule has 0 aliphatic rings. The first kappa shape index (κ1) is 23.9. The van der Waals surface area contributed by atoms with Crippen molar-refractivity contribution in [3.8, 4) is 11.5 Å². The van der Waals surface area contributed by atoms with Crippen molar-refractivity contribution in [3.05, 3.63) is 65.3 Å². The number of aryl methyl sites for hydroxylation is 2. The Hall–Kier alpha value is -4.46. The summed E-state index contributed by atoms with van der Waals surface area (Å²) >= 11 is 0. The van der Waals surface area contributed by atoms with Crippen molar-refractivity contribution in [3.63, 3.8) is 0 Å². The number of anilines is 2. The smallest absolute Gasteiger partial charge is 0.239 e. The highest BCUT2D eigenvalue weighted by molar-refractivity contribution is 6.18. The van der Waals surface area contributed by atoms with Gasteiger partial charge in [0.25, 0.3) is 0 Å². The van der Waals surface area contributed by atoms with Gasteiger partial charge in [-0.15, -0.1) is 0 Å². The normalized spacial score (nSPS) is 13.5. The number of nitrogen functional groups attached to an aromatic ring is 2. The van der Waals surface area contributed by atoms with Crippen LogP contribution >= 0.6 is 0 Å². The van der Waals surface area contributed by atoms with Crippen molar-refractivity contribution in [2.45, 2.75) is 53.4 Å². The van der Waals surface area contributed by atoms with E-state index >= 15 is 0 Å². The lowest BCUT2D eigenvalue weighted by Gasteiger charge is -2.15. The van der Waals surface area contributed by atoms with Crippen LogP contribution in [-0.4, -0.2) is 10.2 Å². The maximum atomic E-state index is 13.1. The van der Waals surface area contributed by atoms with Crippen LogP contribution in [0.2, 0.25) is 0 Å². The molecule has 0 amide bonds.